The molecule has 0 fully saturated rings. The van der Waals surface area contributed by atoms with Crippen molar-refractivity contribution in [3.05, 3.63) is 21.0 Å². The zero-order valence-electron chi connectivity index (χ0n) is 9.17. The molecule has 0 aromatic carbocycles. The quantitative estimate of drug-likeness (QED) is 0.472. The SMILES string of the molecule is COC(=O)Cc1nc(I)cc(C(F)F)c1OC. The molecule has 0 N–H and O–H groups in total. The van der Waals surface area contributed by atoms with Crippen molar-refractivity contribution in [2.24, 2.45) is 0 Å². The van der Waals surface area contributed by atoms with E-state index in [1.54, 1.807) is 22.6 Å². The Labute approximate surface area is 110 Å². The van der Waals surface area contributed by atoms with E-state index >= 15 is 0 Å². The molecule has 0 radical (unpaired) electrons. The molecule has 17 heavy (non-hydrogen) atoms. The number of halogens is 3. The summed E-state index contributed by atoms with van der Waals surface area (Å²) < 4.78 is 35.3. The molecule has 94 valence electrons. The summed E-state index contributed by atoms with van der Waals surface area (Å²) in [5.74, 6) is -0.621. The first-order chi connectivity index (χ1) is 7.99. The molecule has 7 heteroatoms. The number of hydrogen-bond donors (Lipinski definition) is 0. The average Bonchev–Trinajstić information content (AvgIpc) is 2.28. The third kappa shape index (κ3) is 3.48. The molecule has 0 atom stereocenters. The van der Waals surface area contributed by atoms with Crippen LogP contribution in [-0.2, 0) is 16.0 Å². The van der Waals surface area contributed by atoms with E-state index in [1.807, 2.05) is 0 Å². The fraction of sp³-hybridized carbons (Fsp3) is 0.400. The van der Waals surface area contributed by atoms with E-state index in [4.69, 9.17) is 4.74 Å². The molecule has 1 aromatic heterocycles. The van der Waals surface area contributed by atoms with Crippen molar-refractivity contribution in [2.45, 2.75) is 12.8 Å². The summed E-state index contributed by atoms with van der Waals surface area (Å²) in [6.07, 6.45) is -2.88. The van der Waals surface area contributed by atoms with Gasteiger partial charge in [-0.3, -0.25) is 4.79 Å². The standard InChI is InChI=1S/C10H10F2INO3/c1-16-8(15)4-6-9(17-2)5(10(11)12)3-7(13)14-6/h3,10H,4H2,1-2H3. The van der Waals surface area contributed by atoms with Gasteiger partial charge in [-0.1, -0.05) is 0 Å². The number of carbonyl (C=O) groups is 1. The van der Waals surface area contributed by atoms with Crippen molar-refractivity contribution in [1.82, 2.24) is 4.98 Å². The predicted octanol–water partition coefficient (Wildman–Crippen LogP) is 2.35. The minimum Gasteiger partial charge on any atom is -0.494 e. The molecule has 4 nitrogen and oxygen atoms in total. The van der Waals surface area contributed by atoms with Crippen LogP contribution in [0.2, 0.25) is 0 Å². The lowest BCUT2D eigenvalue weighted by molar-refractivity contribution is -0.139. The molecule has 0 unspecified atom stereocenters. The predicted molar refractivity (Wildman–Crippen MR) is 64.2 cm³/mol. The van der Waals surface area contributed by atoms with E-state index < -0.39 is 12.4 Å². The summed E-state index contributed by atoms with van der Waals surface area (Å²) in [5, 5.41) is 0. The number of nitrogens with zero attached hydrogens (tertiary/aromatic N) is 1. The largest absolute Gasteiger partial charge is 0.494 e. The number of methoxy groups -OCH3 is 2. The van der Waals surface area contributed by atoms with Gasteiger partial charge in [-0.25, -0.2) is 13.8 Å². The topological polar surface area (TPSA) is 48.4 Å². The summed E-state index contributed by atoms with van der Waals surface area (Å²) in [6, 6.07) is 1.23. The second-order valence-corrected chi connectivity index (χ2v) is 4.17. The Morgan fingerprint density at radius 2 is 2.18 bits per heavy atom. The highest BCUT2D eigenvalue weighted by Gasteiger charge is 2.21. The third-order valence-electron chi connectivity index (χ3n) is 2.02. The highest BCUT2D eigenvalue weighted by Crippen LogP contribution is 2.32. The van der Waals surface area contributed by atoms with Gasteiger partial charge in [0, 0.05) is 0 Å². The highest BCUT2D eigenvalue weighted by atomic mass is 127. The van der Waals surface area contributed by atoms with E-state index in [0.717, 1.165) is 0 Å². The van der Waals surface area contributed by atoms with E-state index in [0.29, 0.717) is 3.70 Å². The van der Waals surface area contributed by atoms with Crippen molar-refractivity contribution in [1.29, 1.82) is 0 Å². The average molecular weight is 357 g/mol. The fourth-order valence-corrected chi connectivity index (χ4v) is 1.93. The van der Waals surface area contributed by atoms with Crippen molar-refractivity contribution in [3.8, 4) is 5.75 Å². The number of alkyl halides is 2. The summed E-state index contributed by atoms with van der Waals surface area (Å²) in [7, 11) is 2.48. The molecular weight excluding hydrogens is 347 g/mol. The summed E-state index contributed by atoms with van der Waals surface area (Å²) in [4.78, 5) is 15.1. The number of rotatable bonds is 4. The van der Waals surface area contributed by atoms with Crippen molar-refractivity contribution < 1.29 is 23.0 Å². The van der Waals surface area contributed by atoms with Gasteiger partial charge < -0.3 is 9.47 Å². The third-order valence-corrected chi connectivity index (χ3v) is 2.57. The van der Waals surface area contributed by atoms with Crippen molar-refractivity contribution in [2.75, 3.05) is 14.2 Å². The minimum atomic E-state index is -2.68. The first-order valence-electron chi connectivity index (χ1n) is 4.57. The van der Waals surface area contributed by atoms with Crippen LogP contribution in [0.15, 0.2) is 6.07 Å². The molecule has 0 aliphatic rings. The maximum atomic E-state index is 12.8. The zero-order valence-corrected chi connectivity index (χ0v) is 11.3. The van der Waals surface area contributed by atoms with Gasteiger partial charge in [0.05, 0.1) is 31.9 Å². The van der Waals surface area contributed by atoms with Crippen LogP contribution in [0.1, 0.15) is 17.7 Å². The van der Waals surface area contributed by atoms with Crippen LogP contribution in [0, 0.1) is 3.70 Å². The first-order valence-corrected chi connectivity index (χ1v) is 5.65. The molecule has 0 bridgehead atoms. The Morgan fingerprint density at radius 3 is 2.65 bits per heavy atom. The number of aromatic nitrogens is 1. The molecule has 0 saturated heterocycles. The summed E-state index contributed by atoms with van der Waals surface area (Å²) in [6.45, 7) is 0. The summed E-state index contributed by atoms with van der Waals surface area (Å²) in [5.41, 5.74) is -0.118. The highest BCUT2D eigenvalue weighted by molar-refractivity contribution is 14.1. The van der Waals surface area contributed by atoms with Gasteiger partial charge in [0.25, 0.3) is 6.43 Å². The molecule has 1 heterocycles. The lowest BCUT2D eigenvalue weighted by Crippen LogP contribution is -2.10. The van der Waals surface area contributed by atoms with Gasteiger partial charge >= 0.3 is 5.97 Å². The number of pyridine rings is 1. The van der Waals surface area contributed by atoms with Crippen molar-refractivity contribution in [3.63, 3.8) is 0 Å². The maximum Gasteiger partial charge on any atom is 0.311 e. The smallest absolute Gasteiger partial charge is 0.311 e. The normalized spacial score (nSPS) is 10.5. The van der Waals surface area contributed by atoms with E-state index in [-0.39, 0.29) is 23.4 Å². The minimum absolute atomic E-state index is 0.0641. The Hall–Kier alpha value is -0.990. The van der Waals surface area contributed by atoms with Crippen LogP contribution in [-0.4, -0.2) is 25.2 Å². The van der Waals surface area contributed by atoms with Crippen LogP contribution in [0.25, 0.3) is 0 Å². The van der Waals surface area contributed by atoms with Crippen LogP contribution < -0.4 is 4.74 Å². The molecule has 1 aromatic rings. The van der Waals surface area contributed by atoms with Gasteiger partial charge in [0.15, 0.2) is 0 Å². The zero-order chi connectivity index (χ0) is 13.0. The molecule has 0 aliphatic carbocycles. The van der Waals surface area contributed by atoms with Gasteiger partial charge in [-0.05, 0) is 28.7 Å². The number of esters is 1. The maximum absolute atomic E-state index is 12.8. The van der Waals surface area contributed by atoms with Crippen LogP contribution in [0.5, 0.6) is 5.75 Å². The Bertz CT molecular complexity index is 426. The molecular formula is C10H10F2INO3. The lowest BCUT2D eigenvalue weighted by Gasteiger charge is -2.12. The molecule has 0 spiro atoms. The second kappa shape index (κ2) is 6.08. The second-order valence-electron chi connectivity index (χ2n) is 3.07. The van der Waals surface area contributed by atoms with Gasteiger partial charge in [0.2, 0.25) is 0 Å². The van der Waals surface area contributed by atoms with Crippen LogP contribution in [0.4, 0.5) is 8.78 Å². The molecule has 0 amide bonds. The Morgan fingerprint density at radius 1 is 1.53 bits per heavy atom. The van der Waals surface area contributed by atoms with Crippen molar-refractivity contribution >= 4 is 28.6 Å². The fourth-order valence-electron chi connectivity index (χ4n) is 1.30. The molecule has 0 saturated carbocycles. The van der Waals surface area contributed by atoms with Crippen LogP contribution in [0.3, 0.4) is 0 Å². The monoisotopic (exact) mass is 357 g/mol. The first kappa shape index (κ1) is 14.1. The number of ether oxygens (including phenoxy) is 2. The van der Waals surface area contributed by atoms with E-state index in [1.165, 1.54) is 20.3 Å². The summed E-state index contributed by atoms with van der Waals surface area (Å²) >= 11 is 1.80. The molecule has 0 aliphatic heterocycles. The number of hydrogen-bond acceptors (Lipinski definition) is 4. The number of carbonyl (C=O) groups excluding carboxylic acids is 1. The van der Waals surface area contributed by atoms with E-state index in [2.05, 4.69) is 9.72 Å². The van der Waals surface area contributed by atoms with Crippen LogP contribution >= 0.6 is 22.6 Å². The Kier molecular flexibility index (Phi) is 5.03. The molecule has 1 rings (SSSR count). The van der Waals surface area contributed by atoms with Gasteiger partial charge in [-0.15, -0.1) is 0 Å². The van der Waals surface area contributed by atoms with Gasteiger partial charge in [0.1, 0.15) is 9.45 Å². The lowest BCUT2D eigenvalue weighted by atomic mass is 10.1. The van der Waals surface area contributed by atoms with E-state index in [9.17, 15) is 13.6 Å². The Balaban J connectivity index is 3.23. The van der Waals surface area contributed by atoms with Gasteiger partial charge in [-0.2, -0.15) is 0 Å².